The summed E-state index contributed by atoms with van der Waals surface area (Å²) >= 11 is 0. The molecule has 4 heterocycles. The van der Waals surface area contributed by atoms with Gasteiger partial charge in [-0.25, -0.2) is 0 Å². The van der Waals surface area contributed by atoms with Crippen molar-refractivity contribution in [2.24, 2.45) is 0 Å². The number of benzene rings is 4. The van der Waals surface area contributed by atoms with Crippen LogP contribution in [0.4, 0.5) is 0 Å². The van der Waals surface area contributed by atoms with E-state index in [1.807, 2.05) is 54.9 Å². The number of pyridine rings is 2. The van der Waals surface area contributed by atoms with E-state index >= 15 is 0 Å². The van der Waals surface area contributed by atoms with Crippen LogP contribution in [0.25, 0.3) is 33.3 Å². The molecule has 0 radical (unpaired) electrons. The molecule has 6 aromatic rings. The third-order valence-corrected chi connectivity index (χ3v) is 8.05. The van der Waals surface area contributed by atoms with Crippen LogP contribution in [0.1, 0.15) is 25.3 Å². The summed E-state index contributed by atoms with van der Waals surface area (Å²) in [6.07, 6.45) is 7.13. The monoisotopic (exact) mass is 723 g/mol. The molecule has 0 saturated carbocycles. The number of aromatic nitrogens is 2. The second-order valence-corrected chi connectivity index (χ2v) is 10.6. The third-order valence-electron chi connectivity index (χ3n) is 8.05. The summed E-state index contributed by atoms with van der Waals surface area (Å²) in [5.41, 5.74) is 7.93. The molecule has 0 spiro atoms. The summed E-state index contributed by atoms with van der Waals surface area (Å²) in [7, 11) is 0. The van der Waals surface area contributed by atoms with Crippen LogP contribution in [-0.4, -0.2) is 16.7 Å². The van der Waals surface area contributed by atoms with E-state index in [2.05, 4.69) is 61.5 Å². The fraction of sp³-hybridized carbons (Fsp3) is 0.111. The van der Waals surface area contributed by atoms with Crippen molar-refractivity contribution in [2.75, 3.05) is 0 Å². The first-order valence-electron chi connectivity index (χ1n) is 14.2. The molecule has 0 bridgehead atoms. The van der Waals surface area contributed by atoms with Crippen LogP contribution < -0.4 is 25.9 Å². The van der Waals surface area contributed by atoms with Crippen LogP contribution in [0.5, 0.6) is 23.0 Å². The molecule has 2 aliphatic heterocycles. The van der Waals surface area contributed by atoms with Crippen LogP contribution >= 0.6 is 0 Å². The summed E-state index contributed by atoms with van der Waals surface area (Å²) in [5, 5.41) is 2.25. The molecule has 2 aromatic heterocycles. The number of ether oxygens (including phenoxy) is 2. The van der Waals surface area contributed by atoms with Crippen molar-refractivity contribution in [2.45, 2.75) is 26.2 Å². The number of nitrogens with zero attached hydrogens (tertiary/aromatic N) is 2. The maximum Gasteiger partial charge on any atom is 2.00 e. The van der Waals surface area contributed by atoms with Gasteiger partial charge in [0.25, 0.3) is 0 Å². The summed E-state index contributed by atoms with van der Waals surface area (Å²) in [6, 6.07) is 36.3. The first kappa shape index (κ1) is 26.7. The number of aryl methyl sites for hydroxylation is 1. The molecule has 0 atom stereocenters. The fourth-order valence-electron chi connectivity index (χ4n) is 6.04. The third kappa shape index (κ3) is 4.44. The largest absolute Gasteiger partial charge is 2.00 e. The first-order chi connectivity index (χ1) is 20.3. The molecule has 0 unspecified atom stereocenters. The van der Waals surface area contributed by atoms with Crippen molar-refractivity contribution in [1.82, 2.24) is 9.97 Å². The van der Waals surface area contributed by atoms with Gasteiger partial charge < -0.3 is 19.4 Å². The van der Waals surface area contributed by atoms with Gasteiger partial charge in [0.15, 0.2) is 0 Å². The Hall–Kier alpha value is -4.21. The van der Waals surface area contributed by atoms with Gasteiger partial charge in [-0.05, 0) is 59.3 Å². The SMILES string of the molecule is CCCCc1ccnc(-c2[c-]c3c(cc2)Oc2cccc4c2B3c2[c-]c(-c3nccc5ccccc35)ccc2O4)c1.[Pt+2]. The quantitative estimate of drug-likeness (QED) is 0.148. The molecule has 0 saturated heterocycles. The van der Waals surface area contributed by atoms with Gasteiger partial charge in [-0.1, -0.05) is 55.3 Å². The van der Waals surface area contributed by atoms with E-state index < -0.39 is 0 Å². The van der Waals surface area contributed by atoms with E-state index in [0.29, 0.717) is 0 Å². The first-order valence-corrected chi connectivity index (χ1v) is 14.2. The average Bonchev–Trinajstić information content (AvgIpc) is 3.03. The Morgan fingerprint density at radius 2 is 1.43 bits per heavy atom. The predicted molar refractivity (Wildman–Crippen MR) is 164 cm³/mol. The normalized spacial score (nSPS) is 12.4. The molecular formula is C36H25BN2O2Pt. The zero-order chi connectivity index (χ0) is 27.3. The van der Waals surface area contributed by atoms with Crippen LogP contribution in [0.15, 0.2) is 97.3 Å². The fourth-order valence-corrected chi connectivity index (χ4v) is 6.04. The van der Waals surface area contributed by atoms with Crippen LogP contribution in [-0.2, 0) is 27.5 Å². The Kier molecular flexibility index (Phi) is 6.92. The Labute approximate surface area is 260 Å². The van der Waals surface area contributed by atoms with Gasteiger partial charge >= 0.3 is 21.1 Å². The van der Waals surface area contributed by atoms with Crippen molar-refractivity contribution in [3.63, 3.8) is 0 Å². The van der Waals surface area contributed by atoms with Crippen molar-refractivity contribution in [1.29, 1.82) is 0 Å². The molecular weight excluding hydrogens is 698 g/mol. The summed E-state index contributed by atoms with van der Waals surface area (Å²) < 4.78 is 12.8. The van der Waals surface area contributed by atoms with Crippen LogP contribution in [0, 0.1) is 12.1 Å². The molecule has 4 nitrogen and oxygen atoms in total. The maximum atomic E-state index is 6.43. The summed E-state index contributed by atoms with van der Waals surface area (Å²) in [6.45, 7) is 2.07. The summed E-state index contributed by atoms with van der Waals surface area (Å²) in [4.78, 5) is 9.48. The van der Waals surface area contributed by atoms with Crippen molar-refractivity contribution in [3.05, 3.63) is 115 Å². The molecule has 0 aliphatic carbocycles. The zero-order valence-electron chi connectivity index (χ0n) is 23.0. The van der Waals surface area contributed by atoms with Crippen LogP contribution in [0.2, 0.25) is 0 Å². The van der Waals surface area contributed by atoms with E-state index in [9.17, 15) is 0 Å². The Morgan fingerprint density at radius 1 is 0.714 bits per heavy atom. The van der Waals surface area contributed by atoms with Gasteiger partial charge in [-0.2, -0.15) is 0 Å². The van der Waals surface area contributed by atoms with Crippen LogP contribution in [0.3, 0.4) is 0 Å². The van der Waals surface area contributed by atoms with E-state index in [1.54, 1.807) is 0 Å². The second kappa shape index (κ2) is 10.9. The molecule has 42 heavy (non-hydrogen) atoms. The van der Waals surface area contributed by atoms with E-state index in [1.165, 1.54) is 5.56 Å². The van der Waals surface area contributed by atoms with Gasteiger partial charge in [0.05, 0.1) is 0 Å². The molecule has 6 heteroatoms. The van der Waals surface area contributed by atoms with Crippen molar-refractivity contribution in [3.8, 4) is 45.5 Å². The average molecular weight is 723 g/mol. The van der Waals surface area contributed by atoms with E-state index in [-0.39, 0.29) is 27.8 Å². The second-order valence-electron chi connectivity index (χ2n) is 10.6. The maximum absolute atomic E-state index is 6.43. The van der Waals surface area contributed by atoms with Gasteiger partial charge in [0.2, 0.25) is 6.71 Å². The van der Waals surface area contributed by atoms with Gasteiger partial charge in [-0.3, -0.25) is 0 Å². The van der Waals surface area contributed by atoms with E-state index in [0.717, 1.165) is 91.9 Å². The number of hydrogen-bond donors (Lipinski definition) is 0. The van der Waals surface area contributed by atoms with Crippen molar-refractivity contribution < 1.29 is 30.5 Å². The van der Waals surface area contributed by atoms with Gasteiger partial charge in [-0.15, -0.1) is 58.5 Å². The molecule has 0 N–H and O–H groups in total. The Morgan fingerprint density at radius 3 is 2.21 bits per heavy atom. The minimum Gasteiger partial charge on any atom is -0.503 e. The number of unbranched alkanes of at least 4 members (excludes halogenated alkanes) is 1. The molecule has 4 aromatic carbocycles. The number of fused-ring (bicyclic) bond motifs is 5. The Bertz CT molecular complexity index is 1960. The minimum atomic E-state index is -0.146. The number of rotatable bonds is 5. The van der Waals surface area contributed by atoms with Gasteiger partial charge in [0, 0.05) is 29.4 Å². The van der Waals surface area contributed by atoms with Gasteiger partial charge in [0.1, 0.15) is 11.5 Å². The molecule has 8 rings (SSSR count). The minimum absolute atomic E-state index is 0. The van der Waals surface area contributed by atoms with Crippen molar-refractivity contribution >= 4 is 33.9 Å². The zero-order valence-corrected chi connectivity index (χ0v) is 25.2. The summed E-state index contributed by atoms with van der Waals surface area (Å²) in [5.74, 6) is 3.18. The van der Waals surface area contributed by atoms with E-state index in [4.69, 9.17) is 19.4 Å². The smallest absolute Gasteiger partial charge is 0.503 e. The molecule has 204 valence electrons. The molecule has 0 fully saturated rings. The Balaban J connectivity index is 0.00000288. The molecule has 2 aliphatic rings. The molecule has 0 amide bonds. The predicted octanol–water partition coefficient (Wildman–Crippen LogP) is 6.63. The number of hydrogen-bond acceptors (Lipinski definition) is 4. The standard InChI is InChI=1S/C36H25BN2O2.Pt/c1-2-3-7-23-16-18-38-30(20-23)25-12-14-31-28(21-25)37-29-22-26(36-27-9-5-4-8-24(27)17-19-39-36)13-15-32(29)41-34-11-6-10-33(40-31)35(34)37;/h4-6,8-20H,2-3,7H2,1H3;/q-2;+2. The topological polar surface area (TPSA) is 44.2 Å².